The molecule has 2 aromatic rings. The molecule has 0 aliphatic carbocycles. The maximum absolute atomic E-state index is 13.5. The highest BCUT2D eigenvalue weighted by atomic mass is 35.5. The largest absolute Gasteiger partial charge is 0.397 e. The molecule has 0 heterocycles. The number of anilines is 2. The Morgan fingerprint density at radius 3 is 2.60 bits per heavy atom. The first-order chi connectivity index (χ1) is 9.61. The first kappa shape index (κ1) is 14.7. The molecule has 2 aromatic carbocycles. The molecule has 0 spiro atoms. The van der Waals surface area contributed by atoms with Crippen molar-refractivity contribution in [1.29, 1.82) is 0 Å². The number of hydrogen-bond donors (Lipinski definition) is 1. The zero-order valence-corrected chi connectivity index (χ0v) is 12.2. The van der Waals surface area contributed by atoms with Crippen LogP contribution in [-0.4, -0.2) is 6.54 Å². The number of nitrogens with two attached hydrogens (primary N) is 1. The second-order valence-electron chi connectivity index (χ2n) is 4.73. The summed E-state index contributed by atoms with van der Waals surface area (Å²) in [6.07, 6.45) is 0.990. The average Bonchev–Trinajstić information content (AvgIpc) is 2.43. The highest BCUT2D eigenvalue weighted by Gasteiger charge is 2.10. The van der Waals surface area contributed by atoms with Crippen LogP contribution in [0, 0.1) is 5.82 Å². The molecule has 2 nitrogen and oxygen atoms in total. The summed E-state index contributed by atoms with van der Waals surface area (Å²) >= 11 is 5.71. The van der Waals surface area contributed by atoms with Crippen LogP contribution in [0.3, 0.4) is 0 Å². The molecule has 0 aliphatic heterocycles. The van der Waals surface area contributed by atoms with Crippen molar-refractivity contribution in [2.24, 2.45) is 0 Å². The molecule has 0 bridgehead atoms. The molecule has 0 atom stereocenters. The van der Waals surface area contributed by atoms with E-state index in [-0.39, 0.29) is 10.8 Å². The van der Waals surface area contributed by atoms with E-state index >= 15 is 0 Å². The molecule has 4 heteroatoms. The number of nitrogens with zero attached hydrogens (tertiary/aromatic N) is 1. The van der Waals surface area contributed by atoms with E-state index in [1.54, 1.807) is 6.07 Å². The molecule has 0 radical (unpaired) electrons. The maximum Gasteiger partial charge on any atom is 0.142 e. The predicted octanol–water partition coefficient (Wildman–Crippen LogP) is 4.48. The third-order valence-electron chi connectivity index (χ3n) is 3.13. The van der Waals surface area contributed by atoms with E-state index in [4.69, 9.17) is 17.3 Å². The SMILES string of the molecule is CCCN(Cc1ccc(Cl)c(F)c1)c1ccccc1N. The van der Waals surface area contributed by atoms with E-state index in [0.717, 1.165) is 29.9 Å². The Morgan fingerprint density at radius 2 is 1.95 bits per heavy atom. The van der Waals surface area contributed by atoms with Crippen molar-refractivity contribution in [1.82, 2.24) is 0 Å². The van der Waals surface area contributed by atoms with Crippen LogP contribution in [0.5, 0.6) is 0 Å². The van der Waals surface area contributed by atoms with Crippen molar-refractivity contribution in [2.45, 2.75) is 19.9 Å². The molecule has 106 valence electrons. The van der Waals surface area contributed by atoms with Crippen molar-refractivity contribution in [3.05, 3.63) is 58.9 Å². The third kappa shape index (κ3) is 3.42. The van der Waals surface area contributed by atoms with Crippen LogP contribution in [0.1, 0.15) is 18.9 Å². The van der Waals surface area contributed by atoms with Gasteiger partial charge in [0.15, 0.2) is 0 Å². The van der Waals surface area contributed by atoms with Crippen LogP contribution in [0.2, 0.25) is 5.02 Å². The van der Waals surface area contributed by atoms with Crippen molar-refractivity contribution < 1.29 is 4.39 Å². The summed E-state index contributed by atoms with van der Waals surface area (Å²) in [4.78, 5) is 2.15. The number of benzene rings is 2. The van der Waals surface area contributed by atoms with Gasteiger partial charge in [-0.1, -0.05) is 36.7 Å². The third-order valence-corrected chi connectivity index (χ3v) is 3.43. The summed E-state index contributed by atoms with van der Waals surface area (Å²) in [6.45, 7) is 3.57. The van der Waals surface area contributed by atoms with Crippen molar-refractivity contribution in [3.8, 4) is 0 Å². The molecule has 0 aliphatic rings. The lowest BCUT2D eigenvalue weighted by molar-refractivity contribution is 0.624. The minimum atomic E-state index is -0.387. The van der Waals surface area contributed by atoms with Crippen LogP contribution in [0.4, 0.5) is 15.8 Å². The standard InChI is InChI=1S/C16H18ClFN2/c1-2-9-20(16-6-4-3-5-15(16)19)11-12-7-8-13(17)14(18)10-12/h3-8,10H,2,9,11,19H2,1H3. The van der Waals surface area contributed by atoms with Gasteiger partial charge in [-0.25, -0.2) is 4.39 Å². The van der Waals surface area contributed by atoms with Crippen molar-refractivity contribution in [3.63, 3.8) is 0 Å². The summed E-state index contributed by atoms with van der Waals surface area (Å²) in [5, 5.41) is 0.148. The Morgan fingerprint density at radius 1 is 1.20 bits per heavy atom. The smallest absolute Gasteiger partial charge is 0.142 e. The Labute approximate surface area is 124 Å². The number of para-hydroxylation sites is 2. The summed E-state index contributed by atoms with van der Waals surface area (Å²) in [6, 6.07) is 12.6. The lowest BCUT2D eigenvalue weighted by Gasteiger charge is -2.26. The highest BCUT2D eigenvalue weighted by Crippen LogP contribution is 2.25. The Balaban J connectivity index is 2.25. The molecule has 0 aromatic heterocycles. The Kier molecular flexibility index (Phi) is 4.85. The summed E-state index contributed by atoms with van der Waals surface area (Å²) < 4.78 is 13.5. The van der Waals surface area contributed by atoms with Crippen LogP contribution in [0.25, 0.3) is 0 Å². The topological polar surface area (TPSA) is 29.3 Å². The predicted molar refractivity (Wildman–Crippen MR) is 83.6 cm³/mol. The van der Waals surface area contributed by atoms with E-state index in [0.29, 0.717) is 6.54 Å². The van der Waals surface area contributed by atoms with Gasteiger partial charge in [-0.3, -0.25) is 0 Å². The van der Waals surface area contributed by atoms with Gasteiger partial charge in [-0.2, -0.15) is 0 Å². The minimum Gasteiger partial charge on any atom is -0.397 e. The fraction of sp³-hybridized carbons (Fsp3) is 0.250. The summed E-state index contributed by atoms with van der Waals surface area (Å²) in [5.41, 5.74) is 8.61. The number of halogens is 2. The molecular weight excluding hydrogens is 275 g/mol. The van der Waals surface area contributed by atoms with Gasteiger partial charge in [-0.05, 0) is 36.2 Å². The second-order valence-corrected chi connectivity index (χ2v) is 5.14. The summed E-state index contributed by atoms with van der Waals surface area (Å²) in [7, 11) is 0. The zero-order chi connectivity index (χ0) is 14.5. The van der Waals surface area contributed by atoms with Gasteiger partial charge in [0.05, 0.1) is 16.4 Å². The minimum absolute atomic E-state index is 0.148. The van der Waals surface area contributed by atoms with Gasteiger partial charge in [0, 0.05) is 13.1 Å². The molecule has 0 saturated carbocycles. The van der Waals surface area contributed by atoms with Crippen LogP contribution < -0.4 is 10.6 Å². The van der Waals surface area contributed by atoms with Gasteiger partial charge in [-0.15, -0.1) is 0 Å². The Hall–Kier alpha value is -1.74. The van der Waals surface area contributed by atoms with Gasteiger partial charge in [0.25, 0.3) is 0 Å². The fourth-order valence-electron chi connectivity index (χ4n) is 2.19. The second kappa shape index (κ2) is 6.62. The van der Waals surface area contributed by atoms with Crippen LogP contribution >= 0.6 is 11.6 Å². The molecule has 0 unspecified atom stereocenters. The number of hydrogen-bond acceptors (Lipinski definition) is 2. The van der Waals surface area contributed by atoms with Gasteiger partial charge in [0.2, 0.25) is 0 Å². The quantitative estimate of drug-likeness (QED) is 0.823. The lowest BCUT2D eigenvalue weighted by atomic mass is 10.1. The van der Waals surface area contributed by atoms with E-state index < -0.39 is 0 Å². The van der Waals surface area contributed by atoms with Crippen molar-refractivity contribution in [2.75, 3.05) is 17.2 Å². The molecule has 0 fully saturated rings. The molecule has 2 N–H and O–H groups in total. The van der Waals surface area contributed by atoms with E-state index in [1.807, 2.05) is 30.3 Å². The first-order valence-electron chi connectivity index (χ1n) is 6.65. The molecule has 2 rings (SSSR count). The highest BCUT2D eigenvalue weighted by molar-refractivity contribution is 6.30. The molecule has 0 saturated heterocycles. The first-order valence-corrected chi connectivity index (χ1v) is 7.03. The number of rotatable bonds is 5. The van der Waals surface area contributed by atoms with Gasteiger partial charge < -0.3 is 10.6 Å². The van der Waals surface area contributed by atoms with Gasteiger partial charge >= 0.3 is 0 Å². The van der Waals surface area contributed by atoms with E-state index in [2.05, 4.69) is 11.8 Å². The zero-order valence-electron chi connectivity index (χ0n) is 11.4. The number of nitrogen functional groups attached to an aromatic ring is 1. The van der Waals surface area contributed by atoms with E-state index in [9.17, 15) is 4.39 Å². The summed E-state index contributed by atoms with van der Waals surface area (Å²) in [5.74, 6) is -0.387. The monoisotopic (exact) mass is 292 g/mol. The Bertz CT molecular complexity index is 586. The van der Waals surface area contributed by atoms with Crippen molar-refractivity contribution >= 4 is 23.0 Å². The van der Waals surface area contributed by atoms with Crippen LogP contribution in [-0.2, 0) is 6.54 Å². The van der Waals surface area contributed by atoms with Crippen LogP contribution in [0.15, 0.2) is 42.5 Å². The average molecular weight is 293 g/mol. The van der Waals surface area contributed by atoms with E-state index in [1.165, 1.54) is 6.07 Å². The normalized spacial score (nSPS) is 10.6. The molecular formula is C16H18ClFN2. The molecule has 0 amide bonds. The lowest BCUT2D eigenvalue weighted by Crippen LogP contribution is -2.24. The molecule has 20 heavy (non-hydrogen) atoms. The fourth-order valence-corrected chi connectivity index (χ4v) is 2.31. The maximum atomic E-state index is 13.5. The van der Waals surface area contributed by atoms with Gasteiger partial charge in [0.1, 0.15) is 5.82 Å².